The molecule has 1 rings (SSSR count). The molecule has 1 aromatic rings. The van der Waals surface area contributed by atoms with Gasteiger partial charge >= 0.3 is 6.18 Å². The van der Waals surface area contributed by atoms with Crippen LogP contribution >= 0.6 is 0 Å². The maximum atomic E-state index is 12.3. The molecule has 1 aromatic heterocycles. The summed E-state index contributed by atoms with van der Waals surface area (Å²) in [6, 6.07) is 0. The van der Waals surface area contributed by atoms with Gasteiger partial charge in [-0.2, -0.15) is 18.2 Å². The summed E-state index contributed by atoms with van der Waals surface area (Å²) in [5, 5.41) is 3.56. The van der Waals surface area contributed by atoms with Crippen LogP contribution in [0.2, 0.25) is 0 Å². The second-order valence-electron chi connectivity index (χ2n) is 4.48. The van der Waals surface area contributed by atoms with E-state index in [-0.39, 0.29) is 11.7 Å². The molecule has 0 bridgehead atoms. The molecule has 108 valence electrons. The van der Waals surface area contributed by atoms with Gasteiger partial charge in [0.05, 0.1) is 0 Å². The molecule has 0 aliphatic carbocycles. The van der Waals surface area contributed by atoms with Gasteiger partial charge in [-0.05, 0) is 27.7 Å². The Hall–Kier alpha value is -1.44. The quantitative estimate of drug-likeness (QED) is 0.829. The van der Waals surface area contributed by atoms with Crippen LogP contribution in [-0.4, -0.2) is 28.7 Å². The maximum Gasteiger partial charge on any atom is 0.450 e. The molecule has 19 heavy (non-hydrogen) atoms. The largest absolute Gasteiger partial charge is 0.450 e. The number of aromatic nitrogens is 2. The lowest BCUT2D eigenvalue weighted by molar-refractivity contribution is -0.172. The summed E-state index contributed by atoms with van der Waals surface area (Å²) in [6.45, 7) is 6.52. The zero-order valence-corrected chi connectivity index (χ0v) is 11.0. The number of Topliss-reactive ketones (excluding diaryl/α,β-unsaturated/α-hetero) is 1. The summed E-state index contributed by atoms with van der Waals surface area (Å²) >= 11 is 0. The van der Waals surface area contributed by atoms with Gasteiger partial charge in [-0.1, -0.05) is 5.16 Å². The van der Waals surface area contributed by atoms with Gasteiger partial charge in [0.25, 0.3) is 0 Å². The topological polar surface area (TPSA) is 65.2 Å². The zero-order valence-electron chi connectivity index (χ0n) is 11.0. The molecule has 0 radical (unpaired) electrons. The lowest BCUT2D eigenvalue weighted by Gasteiger charge is -2.19. The van der Waals surface area contributed by atoms with Crippen LogP contribution in [0.3, 0.4) is 0 Å². The molecule has 1 atom stereocenters. The van der Waals surface area contributed by atoms with Crippen LogP contribution in [-0.2, 0) is 15.1 Å². The highest BCUT2D eigenvalue weighted by Crippen LogP contribution is 2.28. The van der Waals surface area contributed by atoms with Crippen molar-refractivity contribution >= 4 is 5.78 Å². The van der Waals surface area contributed by atoms with Crippen molar-refractivity contribution in [2.24, 2.45) is 0 Å². The molecule has 0 saturated heterocycles. The van der Waals surface area contributed by atoms with Gasteiger partial charge in [0, 0.05) is 6.61 Å². The van der Waals surface area contributed by atoms with Crippen molar-refractivity contribution < 1.29 is 27.2 Å². The number of carbonyl (C=O) groups excluding carboxylic acids is 1. The molecule has 5 nitrogen and oxygen atoms in total. The maximum absolute atomic E-state index is 12.3. The molecule has 0 aromatic carbocycles. The van der Waals surface area contributed by atoms with Gasteiger partial charge in [0.2, 0.25) is 17.5 Å². The van der Waals surface area contributed by atoms with Gasteiger partial charge in [-0.25, -0.2) is 0 Å². The Kier molecular flexibility index (Phi) is 4.34. The molecule has 0 fully saturated rings. The Morgan fingerprint density at radius 2 is 2.00 bits per heavy atom. The van der Waals surface area contributed by atoms with Crippen LogP contribution in [0.4, 0.5) is 13.2 Å². The number of rotatable bonds is 5. The van der Waals surface area contributed by atoms with E-state index in [0.717, 1.165) is 6.92 Å². The molecule has 0 spiro atoms. The molecule has 1 unspecified atom stereocenters. The van der Waals surface area contributed by atoms with Gasteiger partial charge in [-0.15, -0.1) is 0 Å². The van der Waals surface area contributed by atoms with Crippen molar-refractivity contribution in [3.05, 3.63) is 11.7 Å². The fraction of sp³-hybridized carbons (Fsp3) is 0.727. The first kappa shape index (κ1) is 15.6. The highest BCUT2D eigenvalue weighted by atomic mass is 19.4. The fourth-order valence-corrected chi connectivity index (χ4v) is 1.44. The van der Waals surface area contributed by atoms with Crippen molar-refractivity contribution in [3.63, 3.8) is 0 Å². The summed E-state index contributed by atoms with van der Waals surface area (Å²) in [6.07, 6.45) is -4.93. The fourth-order valence-electron chi connectivity index (χ4n) is 1.44. The number of halogens is 3. The molecule has 0 amide bonds. The average Bonchev–Trinajstić information content (AvgIpc) is 2.75. The van der Waals surface area contributed by atoms with Crippen LogP contribution < -0.4 is 0 Å². The molecular formula is C11H15F3N2O3. The number of alkyl halides is 3. The molecule has 1 heterocycles. The Bertz CT molecular complexity index is 454. The van der Waals surface area contributed by atoms with Gasteiger partial charge in [-0.3, -0.25) is 4.79 Å². The molecular weight excluding hydrogens is 265 g/mol. The molecule has 8 heteroatoms. The average molecular weight is 280 g/mol. The molecule has 0 N–H and O–H groups in total. The Morgan fingerprint density at radius 3 is 2.47 bits per heavy atom. The van der Waals surface area contributed by atoms with Crippen molar-refractivity contribution in [2.45, 2.75) is 45.4 Å². The van der Waals surface area contributed by atoms with Gasteiger partial charge in [0.1, 0.15) is 11.5 Å². The molecule has 0 saturated carbocycles. The van der Waals surface area contributed by atoms with Crippen molar-refractivity contribution in [1.82, 2.24) is 10.1 Å². The van der Waals surface area contributed by atoms with Gasteiger partial charge in [0.15, 0.2) is 0 Å². The number of nitrogens with zero attached hydrogens (tertiary/aromatic N) is 2. The number of hydrogen-bond donors (Lipinski definition) is 0. The van der Waals surface area contributed by atoms with Crippen LogP contribution in [0.5, 0.6) is 0 Å². The lowest BCUT2D eigenvalue weighted by atomic mass is 10.1. The van der Waals surface area contributed by atoms with E-state index < -0.39 is 23.5 Å². The third-order valence-electron chi connectivity index (χ3n) is 2.53. The van der Waals surface area contributed by atoms with Crippen LogP contribution in [0, 0.1) is 0 Å². The van der Waals surface area contributed by atoms with Gasteiger partial charge < -0.3 is 9.26 Å². The first-order valence-corrected chi connectivity index (χ1v) is 5.68. The van der Waals surface area contributed by atoms with Crippen LogP contribution in [0.1, 0.15) is 45.3 Å². The minimum Gasteiger partial charge on any atom is -0.368 e. The first-order valence-electron chi connectivity index (χ1n) is 5.68. The van der Waals surface area contributed by atoms with E-state index in [0.29, 0.717) is 6.61 Å². The minimum atomic E-state index is -4.93. The second-order valence-corrected chi connectivity index (χ2v) is 4.48. The van der Waals surface area contributed by atoms with E-state index in [4.69, 9.17) is 9.26 Å². The Labute approximate surface area is 108 Å². The Morgan fingerprint density at radius 1 is 1.42 bits per heavy atom. The standard InChI is InChI=1S/C11H15F3N2O3/c1-5-18-10(3,4)9-15-8(19-16-9)6(2)7(17)11(12,13)14/h6H,5H2,1-4H3. The number of ether oxygens (including phenoxy) is 1. The third kappa shape index (κ3) is 3.52. The van der Waals surface area contributed by atoms with E-state index in [9.17, 15) is 18.0 Å². The highest BCUT2D eigenvalue weighted by molar-refractivity contribution is 5.89. The summed E-state index contributed by atoms with van der Waals surface area (Å²) < 4.78 is 46.9. The number of carbonyl (C=O) groups is 1. The second kappa shape index (κ2) is 5.28. The van der Waals surface area contributed by atoms with Crippen molar-refractivity contribution in [2.75, 3.05) is 6.61 Å². The van der Waals surface area contributed by atoms with Crippen molar-refractivity contribution in [3.8, 4) is 0 Å². The lowest BCUT2D eigenvalue weighted by Crippen LogP contribution is -2.28. The van der Waals surface area contributed by atoms with E-state index in [1.54, 1.807) is 20.8 Å². The minimum absolute atomic E-state index is 0.103. The predicted octanol–water partition coefficient (Wildman–Crippen LogP) is 2.58. The Balaban J connectivity index is 2.94. The number of hydrogen-bond acceptors (Lipinski definition) is 5. The predicted molar refractivity (Wildman–Crippen MR) is 58.4 cm³/mol. The highest BCUT2D eigenvalue weighted by Gasteiger charge is 2.44. The first-order chi connectivity index (χ1) is 8.59. The summed E-state index contributed by atoms with van der Waals surface area (Å²) in [5.74, 6) is -3.72. The van der Waals surface area contributed by atoms with E-state index >= 15 is 0 Å². The monoisotopic (exact) mass is 280 g/mol. The van der Waals surface area contributed by atoms with Crippen LogP contribution in [0.15, 0.2) is 4.52 Å². The zero-order chi connectivity index (χ0) is 14.8. The van der Waals surface area contributed by atoms with E-state index in [1.165, 1.54) is 0 Å². The summed E-state index contributed by atoms with van der Waals surface area (Å²) in [4.78, 5) is 14.9. The SMILES string of the molecule is CCOC(C)(C)c1noc(C(C)C(=O)C(F)(F)F)n1. The third-order valence-corrected chi connectivity index (χ3v) is 2.53. The van der Waals surface area contributed by atoms with Crippen LogP contribution in [0.25, 0.3) is 0 Å². The van der Waals surface area contributed by atoms with E-state index in [1.807, 2.05) is 0 Å². The van der Waals surface area contributed by atoms with Crippen molar-refractivity contribution in [1.29, 1.82) is 0 Å². The molecule has 0 aliphatic rings. The smallest absolute Gasteiger partial charge is 0.368 e. The molecule has 0 aliphatic heterocycles. The normalized spacial score (nSPS) is 14.5. The summed E-state index contributed by atoms with van der Waals surface area (Å²) in [5.41, 5.74) is -0.891. The summed E-state index contributed by atoms with van der Waals surface area (Å²) in [7, 11) is 0. The van der Waals surface area contributed by atoms with E-state index in [2.05, 4.69) is 10.1 Å². The number of ketones is 1.